The standard InChI is InChI=1S/C22H27NO6/c1-15-11-18(16(2)23(15)7-4-8-26-3)19(24)14-29-22(25)13-17-5-6-20-21(12-17)28-10-9-27-20/h5-6,11-12H,4,7-10,13-14H2,1-3H3. The van der Waals surface area contributed by atoms with Gasteiger partial charge in [-0.05, 0) is 44.0 Å². The van der Waals surface area contributed by atoms with Gasteiger partial charge in [0.1, 0.15) is 13.2 Å². The van der Waals surface area contributed by atoms with E-state index in [4.69, 9.17) is 18.9 Å². The predicted molar refractivity (Wildman–Crippen MR) is 107 cm³/mol. The Labute approximate surface area is 170 Å². The van der Waals surface area contributed by atoms with Gasteiger partial charge in [-0.25, -0.2) is 0 Å². The molecule has 0 N–H and O–H groups in total. The van der Waals surface area contributed by atoms with E-state index in [1.807, 2.05) is 19.9 Å². The van der Waals surface area contributed by atoms with Crippen LogP contribution in [-0.2, 0) is 27.2 Å². The molecule has 3 rings (SSSR count). The van der Waals surface area contributed by atoms with Gasteiger partial charge in [-0.3, -0.25) is 9.59 Å². The minimum absolute atomic E-state index is 0.0694. The minimum atomic E-state index is -0.455. The quantitative estimate of drug-likeness (QED) is 0.365. The second-order valence-corrected chi connectivity index (χ2v) is 7.02. The van der Waals surface area contributed by atoms with Crippen LogP contribution >= 0.6 is 0 Å². The number of benzene rings is 1. The lowest BCUT2D eigenvalue weighted by molar-refractivity contribution is -0.141. The number of fused-ring (bicyclic) bond motifs is 1. The highest BCUT2D eigenvalue weighted by Gasteiger charge is 2.18. The third-order valence-electron chi connectivity index (χ3n) is 4.92. The fourth-order valence-corrected chi connectivity index (χ4v) is 3.43. The van der Waals surface area contributed by atoms with Gasteiger partial charge in [-0.15, -0.1) is 0 Å². The molecule has 0 saturated carbocycles. The maximum Gasteiger partial charge on any atom is 0.310 e. The minimum Gasteiger partial charge on any atom is -0.486 e. The van der Waals surface area contributed by atoms with Crippen LogP contribution in [0.25, 0.3) is 0 Å². The number of carbonyl (C=O) groups excluding carboxylic acids is 2. The normalized spacial score (nSPS) is 12.7. The molecule has 0 bridgehead atoms. The van der Waals surface area contributed by atoms with E-state index in [1.165, 1.54) is 0 Å². The third-order valence-corrected chi connectivity index (χ3v) is 4.92. The Bertz CT molecular complexity index is 886. The average Bonchev–Trinajstić information content (AvgIpc) is 3.00. The van der Waals surface area contributed by atoms with Crippen LogP contribution in [0.2, 0.25) is 0 Å². The first kappa shape index (κ1) is 20.9. The van der Waals surface area contributed by atoms with Gasteiger partial charge < -0.3 is 23.5 Å². The molecule has 0 spiro atoms. The number of ketones is 1. The zero-order valence-electron chi connectivity index (χ0n) is 17.2. The van der Waals surface area contributed by atoms with Crippen LogP contribution in [0.3, 0.4) is 0 Å². The molecule has 0 saturated heterocycles. The lowest BCUT2D eigenvalue weighted by atomic mass is 10.1. The molecule has 2 heterocycles. The molecule has 0 atom stereocenters. The van der Waals surface area contributed by atoms with Crippen LogP contribution in [0.4, 0.5) is 0 Å². The number of Topliss-reactive ketones (excluding diaryl/α,β-unsaturated/α-hetero) is 1. The molecule has 0 aliphatic carbocycles. The van der Waals surface area contributed by atoms with Crippen LogP contribution in [0.15, 0.2) is 24.3 Å². The number of methoxy groups -OCH3 is 1. The Balaban J connectivity index is 1.55. The van der Waals surface area contributed by atoms with Crippen LogP contribution in [-0.4, -0.2) is 49.9 Å². The number of rotatable bonds is 9. The van der Waals surface area contributed by atoms with E-state index in [-0.39, 0.29) is 18.8 Å². The summed E-state index contributed by atoms with van der Waals surface area (Å²) < 4.78 is 23.4. The lowest BCUT2D eigenvalue weighted by Gasteiger charge is -2.18. The summed E-state index contributed by atoms with van der Waals surface area (Å²) in [6.45, 7) is 6.05. The molecule has 1 aliphatic heterocycles. The lowest BCUT2D eigenvalue weighted by Crippen LogP contribution is -2.17. The van der Waals surface area contributed by atoms with Crippen molar-refractivity contribution in [1.82, 2.24) is 4.57 Å². The van der Waals surface area contributed by atoms with Gasteiger partial charge in [0.25, 0.3) is 0 Å². The van der Waals surface area contributed by atoms with E-state index in [9.17, 15) is 9.59 Å². The maximum absolute atomic E-state index is 12.6. The number of hydrogen-bond donors (Lipinski definition) is 0. The Morgan fingerprint density at radius 1 is 1.10 bits per heavy atom. The van der Waals surface area contributed by atoms with Crippen molar-refractivity contribution >= 4 is 11.8 Å². The number of aromatic nitrogens is 1. The van der Waals surface area contributed by atoms with Gasteiger partial charge in [0.15, 0.2) is 18.1 Å². The van der Waals surface area contributed by atoms with Crippen LogP contribution in [0.1, 0.15) is 33.7 Å². The van der Waals surface area contributed by atoms with Crippen LogP contribution in [0, 0.1) is 13.8 Å². The first-order chi connectivity index (χ1) is 14.0. The van der Waals surface area contributed by atoms with Crippen LogP contribution < -0.4 is 9.47 Å². The molecule has 0 unspecified atom stereocenters. The van der Waals surface area contributed by atoms with Crippen molar-refractivity contribution in [2.75, 3.05) is 33.5 Å². The highest BCUT2D eigenvalue weighted by atomic mass is 16.6. The van der Waals surface area contributed by atoms with E-state index >= 15 is 0 Å². The maximum atomic E-state index is 12.6. The number of hydrogen-bond acceptors (Lipinski definition) is 6. The average molecular weight is 401 g/mol. The molecule has 7 heteroatoms. The van der Waals surface area contributed by atoms with Crippen molar-refractivity contribution in [2.45, 2.75) is 33.2 Å². The number of aryl methyl sites for hydroxylation is 1. The molecular weight excluding hydrogens is 374 g/mol. The SMILES string of the molecule is COCCCn1c(C)cc(C(=O)COC(=O)Cc2ccc3c(c2)OCCO3)c1C. The first-order valence-electron chi connectivity index (χ1n) is 9.72. The summed E-state index contributed by atoms with van der Waals surface area (Å²) in [5.74, 6) is 0.637. The largest absolute Gasteiger partial charge is 0.486 e. The monoisotopic (exact) mass is 401 g/mol. The van der Waals surface area contributed by atoms with Gasteiger partial charge in [0.05, 0.1) is 6.42 Å². The summed E-state index contributed by atoms with van der Waals surface area (Å²) in [7, 11) is 1.67. The zero-order valence-corrected chi connectivity index (χ0v) is 17.2. The van der Waals surface area contributed by atoms with Gasteiger partial charge in [-0.1, -0.05) is 6.07 Å². The van der Waals surface area contributed by atoms with Crippen molar-refractivity contribution in [1.29, 1.82) is 0 Å². The zero-order chi connectivity index (χ0) is 20.8. The van der Waals surface area contributed by atoms with Crippen molar-refractivity contribution in [3.8, 4) is 11.5 Å². The number of nitrogens with zero attached hydrogens (tertiary/aromatic N) is 1. The molecule has 1 aromatic carbocycles. The number of carbonyl (C=O) groups is 2. The van der Waals surface area contributed by atoms with Crippen molar-refractivity contribution in [3.05, 3.63) is 46.8 Å². The molecule has 156 valence electrons. The van der Waals surface area contributed by atoms with Gasteiger partial charge in [-0.2, -0.15) is 0 Å². The van der Waals surface area contributed by atoms with Gasteiger partial charge in [0.2, 0.25) is 5.78 Å². The fourth-order valence-electron chi connectivity index (χ4n) is 3.43. The van der Waals surface area contributed by atoms with Crippen molar-refractivity contribution in [3.63, 3.8) is 0 Å². The highest BCUT2D eigenvalue weighted by molar-refractivity contribution is 5.99. The summed E-state index contributed by atoms with van der Waals surface area (Å²) in [4.78, 5) is 24.7. The van der Waals surface area contributed by atoms with E-state index < -0.39 is 5.97 Å². The fraction of sp³-hybridized carbons (Fsp3) is 0.455. The molecule has 1 aliphatic rings. The van der Waals surface area contributed by atoms with Gasteiger partial charge >= 0.3 is 5.97 Å². The molecule has 0 amide bonds. The topological polar surface area (TPSA) is 76.0 Å². The molecule has 2 aromatic rings. The van der Waals surface area contributed by atoms with Crippen molar-refractivity contribution in [2.24, 2.45) is 0 Å². The predicted octanol–water partition coefficient (Wildman–Crippen LogP) is 2.88. The molecule has 1 aromatic heterocycles. The summed E-state index contributed by atoms with van der Waals surface area (Å²) in [5.41, 5.74) is 3.23. The smallest absolute Gasteiger partial charge is 0.310 e. The molecular formula is C22H27NO6. The molecule has 7 nitrogen and oxygen atoms in total. The van der Waals surface area contributed by atoms with E-state index in [0.717, 1.165) is 29.9 Å². The Morgan fingerprint density at radius 3 is 2.62 bits per heavy atom. The molecule has 0 fully saturated rings. The van der Waals surface area contributed by atoms with Crippen LogP contribution in [0.5, 0.6) is 11.5 Å². The Morgan fingerprint density at radius 2 is 1.86 bits per heavy atom. The second-order valence-electron chi connectivity index (χ2n) is 7.02. The Hall–Kier alpha value is -2.80. The van der Waals surface area contributed by atoms with Gasteiger partial charge in [0, 0.05) is 37.2 Å². The summed E-state index contributed by atoms with van der Waals surface area (Å²) in [6, 6.07) is 7.19. The number of esters is 1. The van der Waals surface area contributed by atoms with E-state index in [0.29, 0.717) is 36.9 Å². The molecule has 29 heavy (non-hydrogen) atoms. The van der Waals surface area contributed by atoms with Crippen molar-refractivity contribution < 1.29 is 28.5 Å². The molecule has 0 radical (unpaired) electrons. The Kier molecular flexibility index (Phi) is 6.93. The van der Waals surface area contributed by atoms with E-state index in [1.54, 1.807) is 25.3 Å². The summed E-state index contributed by atoms with van der Waals surface area (Å²) in [5, 5.41) is 0. The first-order valence-corrected chi connectivity index (χ1v) is 9.72. The second kappa shape index (κ2) is 9.60. The van der Waals surface area contributed by atoms with E-state index in [2.05, 4.69) is 4.57 Å². The summed E-state index contributed by atoms with van der Waals surface area (Å²) >= 11 is 0. The highest BCUT2D eigenvalue weighted by Crippen LogP contribution is 2.30. The third kappa shape index (κ3) is 5.17. The number of ether oxygens (including phenoxy) is 4. The summed E-state index contributed by atoms with van der Waals surface area (Å²) in [6.07, 6.45) is 0.935.